The molecule has 1 aromatic rings. The smallest absolute Gasteiger partial charge is 0.0300 e. The molecule has 2 rings (SSSR count). The third-order valence-corrected chi connectivity index (χ3v) is 5.68. The molecule has 0 spiro atoms. The Bertz CT molecular complexity index is 313. The van der Waals surface area contributed by atoms with Crippen molar-refractivity contribution in [2.24, 2.45) is 0 Å². The molecule has 1 aliphatic rings. The summed E-state index contributed by atoms with van der Waals surface area (Å²) in [5.41, 5.74) is 0. The summed E-state index contributed by atoms with van der Waals surface area (Å²) in [6, 6.07) is 5.03. The quantitative estimate of drug-likeness (QED) is 0.828. The van der Waals surface area contributed by atoms with E-state index in [4.69, 9.17) is 0 Å². The summed E-state index contributed by atoms with van der Waals surface area (Å²) in [5, 5.41) is 6.45. The van der Waals surface area contributed by atoms with Crippen molar-refractivity contribution in [2.45, 2.75) is 31.7 Å². The second kappa shape index (κ2) is 6.78. The zero-order chi connectivity index (χ0) is 12.1. The molecule has 17 heavy (non-hydrogen) atoms. The van der Waals surface area contributed by atoms with Gasteiger partial charge in [-0.2, -0.15) is 11.8 Å². The fourth-order valence-corrected chi connectivity index (χ4v) is 4.00. The van der Waals surface area contributed by atoms with Crippen LogP contribution in [0.4, 0.5) is 0 Å². The van der Waals surface area contributed by atoms with Gasteiger partial charge in [0, 0.05) is 48.1 Å². The van der Waals surface area contributed by atoms with Crippen molar-refractivity contribution in [3.63, 3.8) is 0 Å². The van der Waals surface area contributed by atoms with Crippen molar-refractivity contribution >= 4 is 23.1 Å². The maximum atomic E-state index is 3.53. The van der Waals surface area contributed by atoms with Crippen molar-refractivity contribution in [3.05, 3.63) is 22.4 Å². The molecule has 1 aliphatic heterocycles. The highest BCUT2D eigenvalue weighted by molar-refractivity contribution is 8.00. The molecule has 1 fully saturated rings. The lowest BCUT2D eigenvalue weighted by Gasteiger charge is -2.37. The summed E-state index contributed by atoms with van der Waals surface area (Å²) in [6.07, 6.45) is 0. The maximum Gasteiger partial charge on any atom is 0.0300 e. The molecular weight excluding hydrogens is 248 g/mol. The van der Waals surface area contributed by atoms with Crippen LogP contribution in [0.1, 0.15) is 18.7 Å². The molecule has 1 saturated heterocycles. The number of rotatable bonds is 5. The van der Waals surface area contributed by atoms with Gasteiger partial charge in [-0.15, -0.1) is 11.3 Å². The average molecular weight is 270 g/mol. The second-order valence-corrected chi connectivity index (χ2v) is 7.13. The highest BCUT2D eigenvalue weighted by Gasteiger charge is 2.24. The first-order valence-electron chi connectivity index (χ1n) is 6.36. The van der Waals surface area contributed by atoms with E-state index < -0.39 is 0 Å². The van der Waals surface area contributed by atoms with Gasteiger partial charge in [0.2, 0.25) is 0 Å². The standard InChI is InChI=1S/C13H22N2S2/c1-11-12(2)16-9-7-15(11)6-5-14-10-13-4-3-8-17-13/h3-4,8,11-12,14H,5-7,9-10H2,1-2H3. The van der Waals surface area contributed by atoms with Gasteiger partial charge in [0.1, 0.15) is 0 Å². The van der Waals surface area contributed by atoms with E-state index in [0.29, 0.717) is 0 Å². The molecule has 2 unspecified atom stereocenters. The molecule has 0 aliphatic carbocycles. The van der Waals surface area contributed by atoms with Crippen LogP contribution in [-0.2, 0) is 6.54 Å². The number of thioether (sulfide) groups is 1. The number of hydrogen-bond acceptors (Lipinski definition) is 4. The van der Waals surface area contributed by atoms with Crippen LogP contribution < -0.4 is 5.32 Å². The van der Waals surface area contributed by atoms with E-state index in [0.717, 1.165) is 24.4 Å². The van der Waals surface area contributed by atoms with Crippen LogP contribution in [0.3, 0.4) is 0 Å². The van der Waals surface area contributed by atoms with E-state index in [1.165, 1.54) is 23.7 Å². The van der Waals surface area contributed by atoms with Gasteiger partial charge >= 0.3 is 0 Å². The third kappa shape index (κ3) is 3.98. The molecule has 96 valence electrons. The van der Waals surface area contributed by atoms with Crippen LogP contribution in [0, 0.1) is 0 Å². The first-order valence-corrected chi connectivity index (χ1v) is 8.29. The summed E-state index contributed by atoms with van der Waals surface area (Å²) in [7, 11) is 0. The van der Waals surface area contributed by atoms with Crippen LogP contribution >= 0.6 is 23.1 Å². The summed E-state index contributed by atoms with van der Waals surface area (Å²) in [5.74, 6) is 1.29. The van der Waals surface area contributed by atoms with Gasteiger partial charge in [0.15, 0.2) is 0 Å². The molecule has 1 N–H and O–H groups in total. The lowest BCUT2D eigenvalue weighted by molar-refractivity contribution is 0.213. The van der Waals surface area contributed by atoms with Crippen molar-refractivity contribution < 1.29 is 0 Å². The Morgan fingerprint density at radius 1 is 1.47 bits per heavy atom. The van der Waals surface area contributed by atoms with E-state index in [-0.39, 0.29) is 0 Å². The lowest BCUT2D eigenvalue weighted by atomic mass is 10.2. The van der Waals surface area contributed by atoms with Crippen LogP contribution in [0.15, 0.2) is 17.5 Å². The van der Waals surface area contributed by atoms with Gasteiger partial charge in [0.25, 0.3) is 0 Å². The Hall–Kier alpha value is -0.0300. The first-order chi connectivity index (χ1) is 8.27. The van der Waals surface area contributed by atoms with Crippen molar-refractivity contribution in [1.29, 1.82) is 0 Å². The summed E-state index contributed by atoms with van der Waals surface area (Å²) >= 11 is 3.94. The maximum absolute atomic E-state index is 3.53. The zero-order valence-corrected chi connectivity index (χ0v) is 12.3. The Kier molecular flexibility index (Phi) is 5.35. The highest BCUT2D eigenvalue weighted by Crippen LogP contribution is 2.23. The van der Waals surface area contributed by atoms with Crippen molar-refractivity contribution in [2.75, 3.05) is 25.4 Å². The third-order valence-electron chi connectivity index (χ3n) is 3.47. The molecule has 0 bridgehead atoms. The molecule has 0 saturated carbocycles. The number of thiophene rings is 1. The van der Waals surface area contributed by atoms with Gasteiger partial charge in [-0.05, 0) is 18.4 Å². The monoisotopic (exact) mass is 270 g/mol. The Labute approximate surface area is 113 Å². The normalized spacial score (nSPS) is 26.2. The van der Waals surface area contributed by atoms with Gasteiger partial charge in [-0.25, -0.2) is 0 Å². The van der Waals surface area contributed by atoms with E-state index in [9.17, 15) is 0 Å². The van der Waals surface area contributed by atoms with E-state index in [1.807, 2.05) is 11.3 Å². The van der Waals surface area contributed by atoms with Crippen molar-refractivity contribution in [1.82, 2.24) is 10.2 Å². The van der Waals surface area contributed by atoms with E-state index in [2.05, 4.69) is 53.3 Å². The highest BCUT2D eigenvalue weighted by atomic mass is 32.2. The van der Waals surface area contributed by atoms with Crippen LogP contribution in [0.2, 0.25) is 0 Å². The Morgan fingerprint density at radius 2 is 2.35 bits per heavy atom. The largest absolute Gasteiger partial charge is 0.311 e. The van der Waals surface area contributed by atoms with Gasteiger partial charge in [0.05, 0.1) is 0 Å². The van der Waals surface area contributed by atoms with Gasteiger partial charge in [-0.3, -0.25) is 4.90 Å². The lowest BCUT2D eigenvalue weighted by Crippen LogP contribution is -2.47. The summed E-state index contributed by atoms with van der Waals surface area (Å²) < 4.78 is 0. The van der Waals surface area contributed by atoms with E-state index >= 15 is 0 Å². The zero-order valence-electron chi connectivity index (χ0n) is 10.7. The molecule has 0 amide bonds. The minimum atomic E-state index is 0.720. The fourth-order valence-electron chi connectivity index (χ4n) is 2.16. The minimum absolute atomic E-state index is 0.720. The molecule has 0 aromatic carbocycles. The van der Waals surface area contributed by atoms with Crippen molar-refractivity contribution in [3.8, 4) is 0 Å². The summed E-state index contributed by atoms with van der Waals surface area (Å²) in [4.78, 5) is 4.04. The summed E-state index contributed by atoms with van der Waals surface area (Å²) in [6.45, 7) is 9.24. The molecule has 1 aromatic heterocycles. The van der Waals surface area contributed by atoms with Crippen LogP contribution in [0.5, 0.6) is 0 Å². The predicted molar refractivity (Wildman–Crippen MR) is 79.0 cm³/mol. The molecule has 2 atom stereocenters. The average Bonchev–Trinajstić information content (AvgIpc) is 2.83. The fraction of sp³-hybridized carbons (Fsp3) is 0.692. The predicted octanol–water partition coefficient (Wildman–Crippen LogP) is 2.66. The Balaban J connectivity index is 1.64. The van der Waals surface area contributed by atoms with E-state index in [1.54, 1.807) is 0 Å². The Morgan fingerprint density at radius 3 is 3.12 bits per heavy atom. The van der Waals surface area contributed by atoms with Crippen LogP contribution in [0.25, 0.3) is 0 Å². The number of nitrogens with zero attached hydrogens (tertiary/aromatic N) is 1. The molecule has 2 nitrogen and oxygen atoms in total. The first kappa shape index (κ1) is 13.4. The number of nitrogens with one attached hydrogen (secondary N) is 1. The molecular formula is C13H22N2S2. The van der Waals surface area contributed by atoms with Gasteiger partial charge < -0.3 is 5.32 Å². The number of hydrogen-bond donors (Lipinski definition) is 1. The topological polar surface area (TPSA) is 15.3 Å². The molecule has 2 heterocycles. The van der Waals surface area contributed by atoms with Crippen LogP contribution in [-0.4, -0.2) is 41.6 Å². The SMILES string of the molecule is CC1SCCN(CCNCc2cccs2)C1C. The minimum Gasteiger partial charge on any atom is -0.311 e. The molecule has 4 heteroatoms. The molecule has 0 radical (unpaired) electrons. The van der Waals surface area contributed by atoms with Gasteiger partial charge in [-0.1, -0.05) is 13.0 Å². The second-order valence-electron chi connectivity index (χ2n) is 4.61.